The minimum Gasteiger partial charge on any atom is -0.501 e. The molecule has 3 heterocycles. The van der Waals surface area contributed by atoms with E-state index in [2.05, 4.69) is 141 Å². The zero-order valence-corrected chi connectivity index (χ0v) is 30.7. The first kappa shape index (κ1) is 32.5. The van der Waals surface area contributed by atoms with Crippen molar-refractivity contribution in [2.45, 2.75) is 39.4 Å². The maximum atomic E-state index is 6.33. The molecule has 3 nitrogen and oxygen atoms in total. The third-order valence-electron chi connectivity index (χ3n) is 8.62. The summed E-state index contributed by atoms with van der Waals surface area (Å²) in [4.78, 5) is 8.97. The molecule has 0 fully saturated rings. The van der Waals surface area contributed by atoms with E-state index in [9.17, 15) is 0 Å². The first-order chi connectivity index (χ1) is 22.3. The van der Waals surface area contributed by atoms with Gasteiger partial charge in [0.1, 0.15) is 5.58 Å². The van der Waals surface area contributed by atoms with Gasteiger partial charge in [0.05, 0.1) is 13.7 Å². The molecule has 0 unspecified atom stereocenters. The maximum Gasteiger partial charge on any atom is 0.120 e. The van der Waals surface area contributed by atoms with Crippen LogP contribution in [-0.4, -0.2) is 18.0 Å². The van der Waals surface area contributed by atoms with Crippen LogP contribution in [0.4, 0.5) is 0 Å². The van der Waals surface area contributed by atoms with Crippen molar-refractivity contribution in [2.24, 2.45) is 0 Å². The fourth-order valence-corrected chi connectivity index (χ4v) is 7.10. The minimum atomic E-state index is -1.38. The molecule has 47 heavy (non-hydrogen) atoms. The van der Waals surface area contributed by atoms with E-state index in [1.807, 2.05) is 36.7 Å². The number of benzene rings is 5. The number of rotatable bonds is 4. The van der Waals surface area contributed by atoms with Gasteiger partial charge in [-0.1, -0.05) is 133 Å². The molecule has 0 spiro atoms. The molecule has 5 aromatic carbocycles. The van der Waals surface area contributed by atoms with E-state index in [1.54, 1.807) is 0 Å². The number of furan rings is 1. The van der Waals surface area contributed by atoms with Crippen LogP contribution in [0.2, 0.25) is 19.6 Å². The van der Waals surface area contributed by atoms with E-state index in [-0.39, 0.29) is 20.1 Å². The second-order valence-corrected chi connectivity index (χ2v) is 18.2. The summed E-state index contributed by atoms with van der Waals surface area (Å²) in [6, 6.07) is 44.6. The Labute approximate surface area is 291 Å². The van der Waals surface area contributed by atoms with Gasteiger partial charge in [-0.2, -0.15) is 0 Å². The second kappa shape index (κ2) is 13.4. The van der Waals surface area contributed by atoms with Crippen LogP contribution in [0.15, 0.2) is 126 Å². The van der Waals surface area contributed by atoms with E-state index in [1.165, 1.54) is 32.3 Å². The fraction of sp³-hybridized carbons (Fsp3) is 0.143. The van der Waals surface area contributed by atoms with Crippen molar-refractivity contribution in [3.05, 3.63) is 139 Å². The zero-order valence-electron chi connectivity index (χ0n) is 27.3. The third kappa shape index (κ3) is 6.57. The molecule has 0 saturated carbocycles. The summed E-state index contributed by atoms with van der Waals surface area (Å²) in [6.45, 7) is 11.5. The SMILES string of the molecule is CC(C)c1ccnc(-c2[c-]ccc3c2oc2cc([Si](C)(C)C)ccc23)c1.[Ir].[c-]1cc2c(ccc3ccccc32)cc1-c1ccccn1. The summed E-state index contributed by atoms with van der Waals surface area (Å²) in [7, 11) is -1.38. The largest absolute Gasteiger partial charge is 0.501 e. The molecule has 0 N–H and O–H groups in total. The number of hydrogen-bond acceptors (Lipinski definition) is 3. The molecule has 3 aromatic heterocycles. The van der Waals surface area contributed by atoms with E-state index >= 15 is 0 Å². The maximum absolute atomic E-state index is 6.33. The third-order valence-corrected chi connectivity index (χ3v) is 10.7. The van der Waals surface area contributed by atoms with Gasteiger partial charge in [0, 0.05) is 37.9 Å². The van der Waals surface area contributed by atoms with Crippen LogP contribution in [0, 0.1) is 12.1 Å². The summed E-state index contributed by atoms with van der Waals surface area (Å²) >= 11 is 0. The minimum absolute atomic E-state index is 0. The van der Waals surface area contributed by atoms with Gasteiger partial charge in [-0.3, -0.25) is 0 Å². The summed E-state index contributed by atoms with van der Waals surface area (Å²) in [6.07, 6.45) is 3.69. The molecule has 1 radical (unpaired) electrons. The molecule has 0 aliphatic rings. The second-order valence-electron chi connectivity index (χ2n) is 13.1. The van der Waals surface area contributed by atoms with Crippen LogP contribution in [0.5, 0.6) is 0 Å². The Bertz CT molecular complexity index is 2340. The molecular weight excluding hydrogens is 769 g/mol. The fourth-order valence-electron chi connectivity index (χ4n) is 5.96. The Morgan fingerprint density at radius 2 is 1.45 bits per heavy atom. The van der Waals surface area contributed by atoms with Crippen molar-refractivity contribution in [1.29, 1.82) is 0 Å². The molecule has 8 rings (SSSR count). The van der Waals surface area contributed by atoms with Gasteiger partial charge in [0.25, 0.3) is 0 Å². The molecule has 0 atom stereocenters. The Balaban J connectivity index is 0.000000166. The number of nitrogens with zero attached hydrogens (tertiary/aromatic N) is 2. The van der Waals surface area contributed by atoms with Gasteiger partial charge < -0.3 is 14.4 Å². The van der Waals surface area contributed by atoms with Crippen LogP contribution in [0.25, 0.3) is 66.0 Å². The number of aromatic nitrogens is 2. The standard InChI is InChI=1S/C23H24NOSi.C19H12N.Ir/c1-15(2)16-11-12-24-21(13-16)20-8-6-7-19-18-10-9-17(26(3,4)5)14-22(18)25-23(19)20;1-2-6-17-14(5-1)8-9-15-13-16(10-11-18(15)17)19-7-3-4-12-20-19;/h6-7,9-15H,1-5H3;1-9,11-13H;/q2*-1;. The van der Waals surface area contributed by atoms with Crippen molar-refractivity contribution >= 4 is 56.7 Å². The van der Waals surface area contributed by atoms with Crippen LogP contribution in [-0.2, 0) is 20.1 Å². The van der Waals surface area contributed by atoms with Crippen LogP contribution >= 0.6 is 0 Å². The van der Waals surface area contributed by atoms with Gasteiger partial charge in [0.2, 0.25) is 0 Å². The van der Waals surface area contributed by atoms with E-state index in [0.717, 1.165) is 44.5 Å². The van der Waals surface area contributed by atoms with Gasteiger partial charge in [0.15, 0.2) is 0 Å². The molecular formula is C42H36IrN2OSi-2. The summed E-state index contributed by atoms with van der Waals surface area (Å²) in [5.41, 5.74) is 6.97. The topological polar surface area (TPSA) is 38.9 Å². The van der Waals surface area contributed by atoms with E-state index < -0.39 is 8.07 Å². The van der Waals surface area contributed by atoms with Crippen LogP contribution in [0.1, 0.15) is 25.3 Å². The van der Waals surface area contributed by atoms with Gasteiger partial charge in [-0.25, -0.2) is 0 Å². The van der Waals surface area contributed by atoms with Crippen molar-refractivity contribution < 1.29 is 24.5 Å². The van der Waals surface area contributed by atoms with Gasteiger partial charge in [-0.15, -0.1) is 47.3 Å². The summed E-state index contributed by atoms with van der Waals surface area (Å²) in [5, 5.41) is 8.71. The number of fused-ring (bicyclic) bond motifs is 6. The molecule has 235 valence electrons. The van der Waals surface area contributed by atoms with Crippen molar-refractivity contribution in [3.8, 4) is 22.5 Å². The normalized spacial score (nSPS) is 11.5. The van der Waals surface area contributed by atoms with Gasteiger partial charge >= 0.3 is 0 Å². The molecule has 8 aromatic rings. The Morgan fingerprint density at radius 3 is 2.23 bits per heavy atom. The van der Waals surface area contributed by atoms with Crippen LogP contribution < -0.4 is 5.19 Å². The van der Waals surface area contributed by atoms with Crippen LogP contribution in [0.3, 0.4) is 0 Å². The number of hydrogen-bond donors (Lipinski definition) is 0. The Morgan fingerprint density at radius 1 is 0.660 bits per heavy atom. The van der Waals surface area contributed by atoms with E-state index in [0.29, 0.717) is 5.92 Å². The average Bonchev–Trinajstić information content (AvgIpc) is 3.47. The van der Waals surface area contributed by atoms with Gasteiger partial charge in [-0.05, 0) is 40.9 Å². The predicted octanol–water partition coefficient (Wildman–Crippen LogP) is 11.0. The first-order valence-electron chi connectivity index (χ1n) is 15.8. The van der Waals surface area contributed by atoms with Crippen molar-refractivity contribution in [3.63, 3.8) is 0 Å². The molecule has 0 aliphatic carbocycles. The molecule has 0 saturated heterocycles. The zero-order chi connectivity index (χ0) is 31.8. The molecule has 0 aliphatic heterocycles. The predicted molar refractivity (Wildman–Crippen MR) is 196 cm³/mol. The summed E-state index contributed by atoms with van der Waals surface area (Å²) < 4.78 is 6.33. The smallest absolute Gasteiger partial charge is 0.120 e. The van der Waals surface area contributed by atoms with E-state index in [4.69, 9.17) is 4.42 Å². The molecule has 5 heteroatoms. The Kier molecular flexibility index (Phi) is 9.25. The van der Waals surface area contributed by atoms with Crippen molar-refractivity contribution in [2.75, 3.05) is 0 Å². The first-order valence-corrected chi connectivity index (χ1v) is 19.3. The molecule has 0 bridgehead atoms. The summed E-state index contributed by atoms with van der Waals surface area (Å²) in [5.74, 6) is 0.464. The Hall–Kier alpha value is -4.41. The molecule has 0 amide bonds. The monoisotopic (exact) mass is 805 g/mol. The number of pyridine rings is 2. The van der Waals surface area contributed by atoms with Crippen molar-refractivity contribution in [1.82, 2.24) is 9.97 Å². The quantitative estimate of drug-likeness (QED) is 0.101. The average molecular weight is 805 g/mol.